The summed E-state index contributed by atoms with van der Waals surface area (Å²) in [6.45, 7) is 6.01. The first kappa shape index (κ1) is 14.5. The largest absolute Gasteiger partial charge is 0.369 e. The number of rotatable bonds is 5. The van der Waals surface area contributed by atoms with E-state index in [0.29, 0.717) is 11.1 Å². The van der Waals surface area contributed by atoms with E-state index in [1.807, 2.05) is 24.3 Å². The number of thioether (sulfide) groups is 1. The molecule has 1 amide bonds. The monoisotopic (exact) mass is 291 g/mol. The standard InChI is InChI=1S/C13H17N5OS/c1-8(2)10-4-6-11(7-5-10)18-13(15-16-17-18)20-9(3)12(14)19/h4-9H,1-3H3,(H2,14,19)/t9-/m0/s1. The first-order valence-corrected chi connectivity index (χ1v) is 7.21. The van der Waals surface area contributed by atoms with Crippen molar-refractivity contribution in [2.75, 3.05) is 0 Å². The summed E-state index contributed by atoms with van der Waals surface area (Å²) in [5, 5.41) is 11.7. The third-order valence-corrected chi connectivity index (χ3v) is 3.98. The van der Waals surface area contributed by atoms with Crippen molar-refractivity contribution in [3.05, 3.63) is 29.8 Å². The van der Waals surface area contributed by atoms with Crippen molar-refractivity contribution >= 4 is 17.7 Å². The van der Waals surface area contributed by atoms with Crippen molar-refractivity contribution in [3.8, 4) is 5.69 Å². The molecule has 6 nitrogen and oxygen atoms in total. The van der Waals surface area contributed by atoms with Gasteiger partial charge in [-0.2, -0.15) is 4.68 Å². The Morgan fingerprint density at radius 1 is 1.25 bits per heavy atom. The van der Waals surface area contributed by atoms with Gasteiger partial charge in [-0.15, -0.1) is 5.10 Å². The van der Waals surface area contributed by atoms with Crippen molar-refractivity contribution in [2.24, 2.45) is 5.73 Å². The molecule has 2 rings (SSSR count). The molecule has 2 N–H and O–H groups in total. The zero-order valence-electron chi connectivity index (χ0n) is 11.6. The summed E-state index contributed by atoms with van der Waals surface area (Å²) >= 11 is 1.24. The smallest absolute Gasteiger partial charge is 0.230 e. The first-order valence-electron chi connectivity index (χ1n) is 6.33. The van der Waals surface area contributed by atoms with Gasteiger partial charge in [-0.3, -0.25) is 4.79 Å². The van der Waals surface area contributed by atoms with Crippen molar-refractivity contribution in [1.29, 1.82) is 0 Å². The zero-order chi connectivity index (χ0) is 14.7. The summed E-state index contributed by atoms with van der Waals surface area (Å²) in [5.74, 6) is 0.0846. The van der Waals surface area contributed by atoms with Gasteiger partial charge in [0.05, 0.1) is 10.9 Å². The molecule has 1 aromatic heterocycles. The van der Waals surface area contributed by atoms with Crippen LogP contribution >= 0.6 is 11.8 Å². The number of aromatic nitrogens is 4. The van der Waals surface area contributed by atoms with Gasteiger partial charge >= 0.3 is 0 Å². The highest BCUT2D eigenvalue weighted by molar-refractivity contribution is 8.00. The molecule has 106 valence electrons. The predicted octanol–water partition coefficient (Wildman–Crippen LogP) is 1.75. The van der Waals surface area contributed by atoms with Gasteiger partial charge in [0.25, 0.3) is 0 Å². The van der Waals surface area contributed by atoms with Crippen LogP contribution in [0.4, 0.5) is 0 Å². The molecule has 20 heavy (non-hydrogen) atoms. The lowest BCUT2D eigenvalue weighted by molar-refractivity contribution is -0.117. The molecule has 1 atom stereocenters. The van der Waals surface area contributed by atoms with Crippen LogP contribution in [0.25, 0.3) is 5.69 Å². The van der Waals surface area contributed by atoms with Gasteiger partial charge in [0.2, 0.25) is 11.1 Å². The number of benzene rings is 1. The Labute approximate surface area is 121 Å². The van der Waals surface area contributed by atoms with E-state index in [9.17, 15) is 4.79 Å². The maximum absolute atomic E-state index is 11.1. The minimum atomic E-state index is -0.389. The molecule has 7 heteroatoms. The predicted molar refractivity (Wildman–Crippen MR) is 77.8 cm³/mol. The Bertz CT molecular complexity index is 593. The van der Waals surface area contributed by atoms with Gasteiger partial charge in [0, 0.05) is 0 Å². The van der Waals surface area contributed by atoms with Crippen LogP contribution in [0, 0.1) is 0 Å². The molecule has 0 bridgehead atoms. The average molecular weight is 291 g/mol. The topological polar surface area (TPSA) is 86.7 Å². The van der Waals surface area contributed by atoms with E-state index in [2.05, 4.69) is 29.4 Å². The molecule has 0 aliphatic heterocycles. The maximum atomic E-state index is 11.1. The van der Waals surface area contributed by atoms with Crippen LogP contribution in [0.3, 0.4) is 0 Å². The fraction of sp³-hybridized carbons (Fsp3) is 0.385. The highest BCUT2D eigenvalue weighted by atomic mass is 32.2. The number of hydrogen-bond donors (Lipinski definition) is 1. The zero-order valence-corrected chi connectivity index (χ0v) is 12.5. The van der Waals surface area contributed by atoms with Gasteiger partial charge in [-0.25, -0.2) is 0 Å². The van der Waals surface area contributed by atoms with Gasteiger partial charge in [0.1, 0.15) is 0 Å². The lowest BCUT2D eigenvalue weighted by Gasteiger charge is -2.09. The molecule has 2 aromatic rings. The number of hydrogen-bond acceptors (Lipinski definition) is 5. The molecule has 0 saturated carbocycles. The van der Waals surface area contributed by atoms with Crippen molar-refractivity contribution in [1.82, 2.24) is 20.2 Å². The van der Waals surface area contributed by atoms with E-state index in [-0.39, 0.29) is 11.2 Å². The van der Waals surface area contributed by atoms with Crippen molar-refractivity contribution in [2.45, 2.75) is 37.1 Å². The Balaban J connectivity index is 2.25. The van der Waals surface area contributed by atoms with Gasteiger partial charge in [-0.1, -0.05) is 37.7 Å². The van der Waals surface area contributed by atoms with Crippen LogP contribution in [0.5, 0.6) is 0 Å². The number of carbonyl (C=O) groups excluding carboxylic acids is 1. The van der Waals surface area contributed by atoms with E-state index in [1.54, 1.807) is 11.6 Å². The van der Waals surface area contributed by atoms with Gasteiger partial charge in [-0.05, 0) is 41.0 Å². The van der Waals surface area contributed by atoms with Crippen LogP contribution < -0.4 is 5.73 Å². The lowest BCUT2D eigenvalue weighted by Crippen LogP contribution is -2.23. The molecule has 0 unspecified atom stereocenters. The second-order valence-corrected chi connectivity index (χ2v) is 6.09. The third-order valence-electron chi connectivity index (χ3n) is 2.93. The maximum Gasteiger partial charge on any atom is 0.230 e. The van der Waals surface area contributed by atoms with Crippen LogP contribution in [0.1, 0.15) is 32.3 Å². The lowest BCUT2D eigenvalue weighted by atomic mass is 10.0. The van der Waals surface area contributed by atoms with Crippen LogP contribution in [-0.4, -0.2) is 31.4 Å². The van der Waals surface area contributed by atoms with E-state index in [0.717, 1.165) is 5.69 Å². The second kappa shape index (κ2) is 6.04. The molecule has 0 saturated heterocycles. The van der Waals surface area contributed by atoms with Crippen molar-refractivity contribution in [3.63, 3.8) is 0 Å². The highest BCUT2D eigenvalue weighted by Gasteiger charge is 2.16. The minimum Gasteiger partial charge on any atom is -0.369 e. The Morgan fingerprint density at radius 2 is 1.90 bits per heavy atom. The van der Waals surface area contributed by atoms with E-state index in [4.69, 9.17) is 5.73 Å². The summed E-state index contributed by atoms with van der Waals surface area (Å²) < 4.78 is 1.61. The third kappa shape index (κ3) is 3.16. The fourth-order valence-electron chi connectivity index (χ4n) is 1.63. The molecular formula is C13H17N5OS. The van der Waals surface area contributed by atoms with Gasteiger partial charge in [0.15, 0.2) is 0 Å². The Kier molecular flexibility index (Phi) is 4.39. The summed E-state index contributed by atoms with van der Waals surface area (Å²) in [5.41, 5.74) is 7.37. The van der Waals surface area contributed by atoms with E-state index >= 15 is 0 Å². The molecule has 0 fully saturated rings. The molecule has 0 aliphatic rings. The SMILES string of the molecule is CC(C)c1ccc(-n2nnnc2S[C@@H](C)C(N)=O)cc1. The second-order valence-electron chi connectivity index (χ2n) is 4.78. The number of carbonyl (C=O) groups is 1. The highest BCUT2D eigenvalue weighted by Crippen LogP contribution is 2.23. The molecule has 0 spiro atoms. The summed E-state index contributed by atoms with van der Waals surface area (Å²) in [4.78, 5) is 11.1. The molecular weight excluding hydrogens is 274 g/mol. The quantitative estimate of drug-likeness (QED) is 0.848. The molecule has 0 radical (unpaired) electrons. The number of tetrazole rings is 1. The molecule has 0 aliphatic carbocycles. The van der Waals surface area contributed by atoms with Crippen LogP contribution in [0.2, 0.25) is 0 Å². The van der Waals surface area contributed by atoms with Crippen LogP contribution in [-0.2, 0) is 4.79 Å². The summed E-state index contributed by atoms with van der Waals surface area (Å²) in [7, 11) is 0. The Hall–Kier alpha value is -1.89. The van der Waals surface area contributed by atoms with Crippen molar-refractivity contribution < 1.29 is 4.79 Å². The number of amides is 1. The Morgan fingerprint density at radius 3 is 2.45 bits per heavy atom. The first-order chi connectivity index (χ1) is 9.49. The number of primary amides is 1. The minimum absolute atomic E-state index is 0.380. The molecule has 1 heterocycles. The molecule has 1 aromatic carbocycles. The normalized spacial score (nSPS) is 12.6. The fourth-order valence-corrected chi connectivity index (χ4v) is 2.39. The summed E-state index contributed by atoms with van der Waals surface area (Å²) in [6, 6.07) is 8.02. The van der Waals surface area contributed by atoms with Gasteiger partial charge < -0.3 is 5.73 Å². The number of nitrogens with zero attached hydrogens (tertiary/aromatic N) is 4. The van der Waals surface area contributed by atoms with Crippen LogP contribution in [0.15, 0.2) is 29.4 Å². The van der Waals surface area contributed by atoms with E-state index < -0.39 is 0 Å². The summed E-state index contributed by atoms with van der Waals surface area (Å²) in [6.07, 6.45) is 0. The van der Waals surface area contributed by atoms with E-state index in [1.165, 1.54) is 17.3 Å². The number of nitrogens with two attached hydrogens (primary N) is 1. The average Bonchev–Trinajstić information content (AvgIpc) is 2.86.